The molecule has 88 heavy (non-hydrogen) atoms. The Balaban J connectivity index is 0.758. The minimum Gasteiger partial charge on any atom is -0.457 e. The summed E-state index contributed by atoms with van der Waals surface area (Å²) >= 11 is 0. The Labute approximate surface area is 502 Å². The van der Waals surface area contributed by atoms with Crippen LogP contribution in [0.15, 0.2) is 188 Å². The molecule has 0 bridgehead atoms. The first-order chi connectivity index (χ1) is 41.9. The third-order valence-electron chi connectivity index (χ3n) is 17.4. The summed E-state index contributed by atoms with van der Waals surface area (Å²) in [6, 6.07) is 51.1. The number of anilines is 3. The van der Waals surface area contributed by atoms with Crippen molar-refractivity contribution >= 4 is 64.3 Å². The van der Waals surface area contributed by atoms with E-state index in [1.807, 2.05) is 82.3 Å². The van der Waals surface area contributed by atoms with E-state index in [0.717, 1.165) is 43.0 Å². The van der Waals surface area contributed by atoms with Crippen molar-refractivity contribution in [1.82, 2.24) is 4.90 Å². The zero-order chi connectivity index (χ0) is 62.0. The lowest BCUT2D eigenvalue weighted by molar-refractivity contribution is -0.137. The fourth-order valence-electron chi connectivity index (χ4n) is 12.3. The molecule has 0 aliphatic carbocycles. The van der Waals surface area contributed by atoms with Gasteiger partial charge in [0, 0.05) is 30.0 Å². The van der Waals surface area contributed by atoms with Crippen LogP contribution in [0.25, 0.3) is 0 Å². The summed E-state index contributed by atoms with van der Waals surface area (Å²) in [6.07, 6.45) is -4.32. The zero-order valence-corrected chi connectivity index (χ0v) is 48.2. The standard InChI is InChI=1S/C72H51F3N4O9/c1-39-12-14-41(15-13-39)30-42-16-22-49(23-17-42)77-64(82)55-24-18-44(33-59(55)67(77)85)70(3,4)45-19-25-56-60(34-45)68(86)79(66(56)84)51-31-48(72(73,74)75)32-53(38-51)88-52-29-40(2)28-50(37-52)78-65(83)57-27-21-47(36-61(57)69(78)87)71(5,43-10-8-7-9-11-43)46-20-26-54-58(35-46)63(81)76(6)62(54)80/h7-29,31-38H,30H2,1-6H3. The highest BCUT2D eigenvalue weighted by molar-refractivity contribution is 6.36. The number of carbonyl (C=O) groups is 8. The predicted octanol–water partition coefficient (Wildman–Crippen LogP) is 14.0. The first-order valence-electron chi connectivity index (χ1n) is 28.2. The number of ether oxygens (including phenoxy) is 1. The van der Waals surface area contributed by atoms with Crippen LogP contribution in [-0.4, -0.2) is 59.2 Å². The van der Waals surface area contributed by atoms with Crippen LogP contribution in [0.3, 0.4) is 0 Å². The number of hydrogen-bond donors (Lipinski definition) is 0. The molecule has 13 rings (SSSR count). The molecule has 4 heterocycles. The fourth-order valence-corrected chi connectivity index (χ4v) is 12.3. The third kappa shape index (κ3) is 9.09. The number of imide groups is 4. The van der Waals surface area contributed by atoms with E-state index in [1.165, 1.54) is 31.3 Å². The van der Waals surface area contributed by atoms with Gasteiger partial charge in [-0.2, -0.15) is 13.2 Å². The van der Waals surface area contributed by atoms with Crippen LogP contribution in [0.5, 0.6) is 11.5 Å². The maximum atomic E-state index is 14.8. The molecule has 8 amide bonds. The molecular weight excluding hydrogens is 1120 g/mol. The molecule has 0 saturated carbocycles. The molecular formula is C72H51F3N4O9. The molecule has 434 valence electrons. The minimum atomic E-state index is -4.99. The molecule has 13 nitrogen and oxygen atoms in total. The summed E-state index contributed by atoms with van der Waals surface area (Å²) < 4.78 is 50.7. The number of aryl methyl sites for hydroxylation is 2. The van der Waals surface area contributed by atoms with Crippen LogP contribution in [0.2, 0.25) is 0 Å². The van der Waals surface area contributed by atoms with Crippen LogP contribution in [-0.2, 0) is 23.4 Å². The lowest BCUT2D eigenvalue weighted by atomic mass is 9.70. The molecule has 0 spiro atoms. The molecule has 0 N–H and O–H groups in total. The second-order valence-corrected chi connectivity index (χ2v) is 23.3. The second-order valence-electron chi connectivity index (χ2n) is 23.3. The van der Waals surface area contributed by atoms with Crippen molar-refractivity contribution in [3.05, 3.63) is 288 Å². The van der Waals surface area contributed by atoms with Crippen molar-refractivity contribution < 1.29 is 56.3 Å². The van der Waals surface area contributed by atoms with E-state index in [1.54, 1.807) is 85.8 Å². The predicted molar refractivity (Wildman–Crippen MR) is 323 cm³/mol. The number of alkyl halides is 3. The summed E-state index contributed by atoms with van der Waals surface area (Å²) in [5, 5.41) is 0. The molecule has 9 aromatic rings. The van der Waals surface area contributed by atoms with Crippen molar-refractivity contribution in [1.29, 1.82) is 0 Å². The molecule has 4 aliphatic heterocycles. The van der Waals surface area contributed by atoms with Crippen LogP contribution in [0.4, 0.5) is 30.2 Å². The largest absolute Gasteiger partial charge is 0.457 e. The van der Waals surface area contributed by atoms with Gasteiger partial charge in [0.05, 0.1) is 67.1 Å². The van der Waals surface area contributed by atoms with Gasteiger partial charge in [-0.1, -0.05) is 110 Å². The first kappa shape index (κ1) is 56.3. The van der Waals surface area contributed by atoms with E-state index >= 15 is 0 Å². The van der Waals surface area contributed by atoms with E-state index in [0.29, 0.717) is 57.0 Å². The molecule has 1 atom stereocenters. The molecule has 0 radical (unpaired) electrons. The molecule has 1 unspecified atom stereocenters. The quantitative estimate of drug-likeness (QED) is 0.0857. The van der Waals surface area contributed by atoms with E-state index in [9.17, 15) is 51.5 Å². The third-order valence-corrected chi connectivity index (χ3v) is 17.4. The Morgan fingerprint density at radius 3 is 1.25 bits per heavy atom. The summed E-state index contributed by atoms with van der Waals surface area (Å²) in [6.45, 7) is 9.26. The van der Waals surface area contributed by atoms with Gasteiger partial charge in [-0.25, -0.2) is 14.7 Å². The minimum absolute atomic E-state index is 0.0447. The van der Waals surface area contributed by atoms with Gasteiger partial charge in [0.2, 0.25) is 0 Å². The highest BCUT2D eigenvalue weighted by Crippen LogP contribution is 2.45. The van der Waals surface area contributed by atoms with Crippen LogP contribution >= 0.6 is 0 Å². The van der Waals surface area contributed by atoms with Gasteiger partial charge in [0.25, 0.3) is 47.3 Å². The summed E-state index contributed by atoms with van der Waals surface area (Å²) in [5.74, 6) is -5.52. The van der Waals surface area contributed by atoms with Gasteiger partial charge < -0.3 is 4.74 Å². The maximum absolute atomic E-state index is 14.8. The molecule has 0 fully saturated rings. The topological polar surface area (TPSA) is 159 Å². The molecule has 0 aromatic heterocycles. The average molecular weight is 1170 g/mol. The Kier molecular flexibility index (Phi) is 13.0. The Morgan fingerprint density at radius 1 is 0.352 bits per heavy atom. The van der Waals surface area contributed by atoms with Gasteiger partial charge >= 0.3 is 6.18 Å². The van der Waals surface area contributed by atoms with Gasteiger partial charge in [0.15, 0.2) is 0 Å². The second kappa shape index (κ2) is 20.4. The molecule has 0 saturated heterocycles. The number of amides is 8. The van der Waals surface area contributed by atoms with E-state index in [-0.39, 0.29) is 55.9 Å². The zero-order valence-electron chi connectivity index (χ0n) is 48.2. The summed E-state index contributed by atoms with van der Waals surface area (Å²) in [5.41, 5.74) is 4.61. The van der Waals surface area contributed by atoms with Crippen LogP contribution < -0.4 is 19.4 Å². The van der Waals surface area contributed by atoms with Gasteiger partial charge in [0.1, 0.15) is 11.5 Å². The Hall–Kier alpha value is -10.9. The van der Waals surface area contributed by atoms with E-state index < -0.39 is 81.3 Å². The fraction of sp³-hybridized carbons (Fsp3) is 0.139. The van der Waals surface area contributed by atoms with Crippen LogP contribution in [0.1, 0.15) is 159 Å². The van der Waals surface area contributed by atoms with Gasteiger partial charge in [-0.05, 0) is 157 Å². The number of carbonyl (C=O) groups excluding carboxylic acids is 8. The summed E-state index contributed by atoms with van der Waals surface area (Å²) in [4.78, 5) is 115. The number of rotatable bonds is 12. The van der Waals surface area contributed by atoms with Crippen molar-refractivity contribution in [2.24, 2.45) is 0 Å². The SMILES string of the molecule is Cc1ccc(Cc2ccc(N3C(=O)c4ccc(C(C)(C)c5ccc6c(c5)C(=O)N(c5cc(Oc7cc(C)cc(N8C(=O)c9ccc(C(C)(c%10ccccc%10)c%10ccc%11c(c%10)C(=O)N(C)C%11=O)cc9C8=O)c7)cc(C(F)(F)F)c5)C6=O)cc4C3=O)cc2)cc1. The summed E-state index contributed by atoms with van der Waals surface area (Å²) in [7, 11) is 1.41. The average Bonchev–Trinajstić information content (AvgIpc) is 1.54. The van der Waals surface area contributed by atoms with Crippen molar-refractivity contribution in [2.75, 3.05) is 21.7 Å². The normalized spacial score (nSPS) is 15.3. The maximum Gasteiger partial charge on any atom is 0.416 e. The molecule has 9 aromatic carbocycles. The first-order valence-corrected chi connectivity index (χ1v) is 28.2. The Morgan fingerprint density at radius 2 is 0.750 bits per heavy atom. The highest BCUT2D eigenvalue weighted by atomic mass is 19.4. The van der Waals surface area contributed by atoms with Gasteiger partial charge in [-0.3, -0.25) is 43.3 Å². The number of hydrogen-bond acceptors (Lipinski definition) is 9. The molecule has 4 aliphatic rings. The number of fused-ring (bicyclic) bond motifs is 4. The van der Waals surface area contributed by atoms with Crippen molar-refractivity contribution in [3.8, 4) is 11.5 Å². The van der Waals surface area contributed by atoms with Crippen LogP contribution in [0, 0.1) is 13.8 Å². The number of nitrogens with zero attached hydrogens (tertiary/aromatic N) is 4. The highest BCUT2D eigenvalue weighted by Gasteiger charge is 2.44. The lowest BCUT2D eigenvalue weighted by Crippen LogP contribution is -2.29. The molecule has 16 heteroatoms. The lowest BCUT2D eigenvalue weighted by Gasteiger charge is -2.32. The smallest absolute Gasteiger partial charge is 0.416 e. The van der Waals surface area contributed by atoms with Gasteiger partial charge in [-0.15, -0.1) is 0 Å². The number of benzene rings is 9. The monoisotopic (exact) mass is 1170 g/mol. The number of halogens is 3. The van der Waals surface area contributed by atoms with E-state index in [4.69, 9.17) is 4.74 Å². The Bertz CT molecular complexity index is 4590. The van der Waals surface area contributed by atoms with Crippen molar-refractivity contribution in [3.63, 3.8) is 0 Å². The van der Waals surface area contributed by atoms with Crippen molar-refractivity contribution in [2.45, 2.75) is 58.0 Å². The van der Waals surface area contributed by atoms with E-state index in [2.05, 4.69) is 12.1 Å².